The maximum absolute atomic E-state index is 12.0. The first-order chi connectivity index (χ1) is 16.6. The Morgan fingerprint density at radius 2 is 1.83 bits per heavy atom. The number of rotatable bonds is 13. The van der Waals surface area contributed by atoms with Gasteiger partial charge in [0, 0.05) is 30.4 Å². The SMILES string of the molecule is O=C(CCCC[C@@H]1SC[C@@H]2NC(=O)N[C@@H]21)N[13CH2][13CH2][13CH2][13CH2][13CH2][13C](=O)ON1C(=O)CC(S(=O)(=O)O)C1=O. The fourth-order valence-electron chi connectivity index (χ4n) is 4.22. The van der Waals surface area contributed by atoms with Crippen molar-refractivity contribution in [1.82, 2.24) is 21.0 Å². The fraction of sp³-hybridized carbons (Fsp3) is 0.750. The molecule has 15 heteroatoms. The highest BCUT2D eigenvalue weighted by molar-refractivity contribution is 8.00. The highest BCUT2D eigenvalue weighted by atomic mass is 32.2. The molecule has 1 unspecified atom stereocenters. The summed E-state index contributed by atoms with van der Waals surface area (Å²) in [5.41, 5.74) is 0. The van der Waals surface area contributed by atoms with E-state index in [1.54, 1.807) is 0 Å². The van der Waals surface area contributed by atoms with E-state index in [1.165, 1.54) is 0 Å². The van der Waals surface area contributed by atoms with Gasteiger partial charge in [0.05, 0.1) is 18.5 Å². The Labute approximate surface area is 207 Å². The van der Waals surface area contributed by atoms with Crippen LogP contribution in [0, 0.1) is 0 Å². The Hall–Kier alpha value is -2.39. The van der Waals surface area contributed by atoms with E-state index in [4.69, 9.17) is 4.55 Å². The van der Waals surface area contributed by atoms with Crippen molar-refractivity contribution in [2.75, 3.05) is 12.3 Å². The minimum atomic E-state index is -4.76. The van der Waals surface area contributed by atoms with Crippen molar-refractivity contribution in [3.63, 3.8) is 0 Å². The lowest BCUT2D eigenvalue weighted by molar-refractivity contribution is -0.197. The van der Waals surface area contributed by atoms with Crippen molar-refractivity contribution in [1.29, 1.82) is 0 Å². The lowest BCUT2D eigenvalue weighted by atomic mass is 10.0. The van der Waals surface area contributed by atoms with Crippen LogP contribution in [0.5, 0.6) is 0 Å². The molecule has 3 fully saturated rings. The molecule has 4 N–H and O–H groups in total. The predicted octanol–water partition coefficient (Wildman–Crippen LogP) is -0.138. The van der Waals surface area contributed by atoms with Crippen LogP contribution in [-0.2, 0) is 34.1 Å². The van der Waals surface area contributed by atoms with Gasteiger partial charge in [0.25, 0.3) is 21.9 Å². The maximum atomic E-state index is 12.0. The predicted molar refractivity (Wildman–Crippen MR) is 123 cm³/mol. The van der Waals surface area contributed by atoms with Crippen LogP contribution >= 0.6 is 11.8 Å². The number of hydrogen-bond acceptors (Lipinski definition) is 9. The molecule has 3 rings (SSSR count). The first-order valence-corrected chi connectivity index (χ1v) is 14.1. The van der Waals surface area contributed by atoms with Gasteiger partial charge in [-0.3, -0.25) is 18.9 Å². The molecule has 196 valence electrons. The first-order valence-electron chi connectivity index (χ1n) is 11.6. The number of nitrogens with zero attached hydrogens (tertiary/aromatic N) is 1. The summed E-state index contributed by atoms with van der Waals surface area (Å²) in [7, 11) is -4.76. The lowest BCUT2D eigenvalue weighted by Gasteiger charge is -2.16. The Morgan fingerprint density at radius 3 is 2.54 bits per heavy atom. The molecule has 0 radical (unpaired) electrons. The smallest absolute Gasteiger partial charge is 0.333 e. The third-order valence-electron chi connectivity index (χ3n) is 6.08. The molecule has 4 atom stereocenters. The summed E-state index contributed by atoms with van der Waals surface area (Å²) in [6.45, 7) is 0.451. The molecule has 0 bridgehead atoms. The van der Waals surface area contributed by atoms with Gasteiger partial charge in [-0.05, 0) is 25.7 Å². The number of imide groups is 1. The van der Waals surface area contributed by atoms with E-state index < -0.39 is 39.6 Å². The van der Waals surface area contributed by atoms with E-state index in [0.29, 0.717) is 37.5 Å². The molecule has 0 spiro atoms. The van der Waals surface area contributed by atoms with Crippen LogP contribution in [0.1, 0.15) is 57.8 Å². The minimum absolute atomic E-state index is 0.0448. The van der Waals surface area contributed by atoms with E-state index in [2.05, 4.69) is 20.8 Å². The molecule has 13 nitrogen and oxygen atoms in total. The summed E-state index contributed by atoms with van der Waals surface area (Å²) < 4.78 is 31.1. The van der Waals surface area contributed by atoms with Crippen molar-refractivity contribution in [3.05, 3.63) is 0 Å². The quantitative estimate of drug-likeness (QED) is 0.0805. The minimum Gasteiger partial charge on any atom is -0.356 e. The number of hydrogen-bond donors (Lipinski definition) is 4. The second-order valence-electron chi connectivity index (χ2n) is 8.73. The number of thioether (sulfide) groups is 1. The molecule has 0 aromatic carbocycles. The summed E-state index contributed by atoms with van der Waals surface area (Å²) in [5.74, 6) is -2.30. The second kappa shape index (κ2) is 12.0. The zero-order valence-corrected chi connectivity index (χ0v) is 20.7. The molecule has 0 aromatic rings. The van der Waals surface area contributed by atoms with E-state index in [9.17, 15) is 32.4 Å². The number of fused-ring (bicyclic) bond motifs is 1. The van der Waals surface area contributed by atoms with E-state index >= 15 is 0 Å². The van der Waals surface area contributed by atoms with Gasteiger partial charge in [-0.25, -0.2) is 9.59 Å². The van der Waals surface area contributed by atoms with Gasteiger partial charge in [-0.15, -0.1) is 5.06 Å². The summed E-state index contributed by atoms with van der Waals surface area (Å²) in [6.07, 6.45) is 3.76. The van der Waals surface area contributed by atoms with Crippen molar-refractivity contribution in [2.24, 2.45) is 0 Å². The van der Waals surface area contributed by atoms with Crippen LogP contribution in [0.15, 0.2) is 0 Å². The molecule has 3 aliphatic rings. The summed E-state index contributed by atoms with van der Waals surface area (Å²) in [5, 5.41) is 7.20. The Morgan fingerprint density at radius 1 is 1.09 bits per heavy atom. The Bertz CT molecular complexity index is 958. The topological polar surface area (TPSA) is 188 Å². The van der Waals surface area contributed by atoms with Crippen LogP contribution in [0.2, 0.25) is 0 Å². The van der Waals surface area contributed by atoms with Gasteiger partial charge >= 0.3 is 12.0 Å². The number of hydroxylamine groups is 2. The van der Waals surface area contributed by atoms with Crippen molar-refractivity contribution in [2.45, 2.75) is 80.4 Å². The zero-order valence-electron chi connectivity index (χ0n) is 19.1. The van der Waals surface area contributed by atoms with Crippen LogP contribution < -0.4 is 16.0 Å². The van der Waals surface area contributed by atoms with Gasteiger partial charge in [-0.1, -0.05) is 12.8 Å². The van der Waals surface area contributed by atoms with Crippen LogP contribution in [0.25, 0.3) is 0 Å². The van der Waals surface area contributed by atoms with Gasteiger partial charge in [0.1, 0.15) is 0 Å². The Balaban J connectivity index is 1.19. The number of nitrogens with one attached hydrogen (secondary N) is 3. The van der Waals surface area contributed by atoms with E-state index in [0.717, 1.165) is 25.0 Å². The Kier molecular flexibility index (Phi) is 9.35. The fourth-order valence-corrected chi connectivity index (χ4v) is 6.47. The molecule has 3 heterocycles. The zero-order chi connectivity index (χ0) is 25.6. The highest BCUT2D eigenvalue weighted by Gasteiger charge is 2.48. The summed E-state index contributed by atoms with van der Waals surface area (Å²) in [4.78, 5) is 63.3. The molecule has 0 saturated carbocycles. The largest absolute Gasteiger partial charge is 0.356 e. The maximum Gasteiger partial charge on any atom is 0.333 e. The van der Waals surface area contributed by atoms with Crippen molar-refractivity contribution < 1.29 is 41.8 Å². The molecular formula is C20H30N4O9S2. The van der Waals surface area contributed by atoms with Crippen LogP contribution in [0.3, 0.4) is 0 Å². The van der Waals surface area contributed by atoms with Gasteiger partial charge in [-0.2, -0.15) is 20.2 Å². The number of unbranched alkanes of at least 4 members (excludes halogenated alkanes) is 3. The number of urea groups is 1. The lowest BCUT2D eigenvalue weighted by Crippen LogP contribution is -2.36. The summed E-state index contributed by atoms with van der Waals surface area (Å²) >= 11 is 1.85. The number of carbonyl (C=O) groups excluding carboxylic acids is 5. The number of amides is 5. The highest BCUT2D eigenvalue weighted by Crippen LogP contribution is 2.33. The van der Waals surface area contributed by atoms with Crippen molar-refractivity contribution in [3.8, 4) is 0 Å². The normalized spacial score (nSPS) is 25.9. The monoisotopic (exact) mass is 540 g/mol. The van der Waals surface area contributed by atoms with Gasteiger partial charge < -0.3 is 20.8 Å². The number of carbonyl (C=O) groups is 5. The molecule has 3 aliphatic heterocycles. The van der Waals surface area contributed by atoms with E-state index in [1.807, 2.05) is 11.8 Å². The second-order valence-corrected chi connectivity index (χ2v) is 11.6. The van der Waals surface area contributed by atoms with Crippen LogP contribution in [-0.4, -0.2) is 82.6 Å². The first kappa shape index (κ1) is 27.2. The average Bonchev–Trinajstić information content (AvgIpc) is 3.41. The molecule has 35 heavy (non-hydrogen) atoms. The molecule has 0 aliphatic carbocycles. The van der Waals surface area contributed by atoms with Gasteiger partial charge in [0.15, 0.2) is 5.25 Å². The van der Waals surface area contributed by atoms with Crippen molar-refractivity contribution >= 4 is 51.6 Å². The van der Waals surface area contributed by atoms with E-state index in [-0.39, 0.29) is 35.5 Å². The molecule has 3 saturated heterocycles. The van der Waals surface area contributed by atoms with Crippen LogP contribution in [0.4, 0.5) is 4.79 Å². The third-order valence-corrected chi connectivity index (χ3v) is 8.67. The molecular weight excluding hydrogens is 510 g/mol. The standard InChI is InChI=1S/C20H30N4O9S2/c25-15(7-4-3-6-13-18-12(11-34-13)22-20(29)23-18)21-9-5-1-2-8-17(27)33-24-16(26)10-14(19(24)28)35(30,31)32/h12-14,18H,1-11H2,(H,21,25)(H2,22,23,29)(H,30,31,32)/t12-,13-,14?,18-/m0/s1/i1+1,2+1,5+1,8+1,9+1,17+1. The molecule has 5 amide bonds. The van der Waals surface area contributed by atoms with Gasteiger partial charge in [0.2, 0.25) is 5.91 Å². The average molecular weight is 541 g/mol. The third kappa shape index (κ3) is 7.54. The molecule has 0 aromatic heterocycles. The summed E-state index contributed by atoms with van der Waals surface area (Å²) in [6, 6.07) is 0.265.